The first-order valence-electron chi connectivity index (χ1n) is 5.19. The smallest absolute Gasteiger partial charge is 0.139 e. The number of nitrogens with two attached hydrogens (primary N) is 1. The van der Waals surface area contributed by atoms with Gasteiger partial charge in [0.05, 0.1) is 5.69 Å². The molecule has 2 aromatic heterocycles. The second-order valence-electron chi connectivity index (χ2n) is 3.89. The molecule has 1 aliphatic heterocycles. The summed E-state index contributed by atoms with van der Waals surface area (Å²) in [5.41, 5.74) is 8.35. The van der Waals surface area contributed by atoms with Gasteiger partial charge in [0, 0.05) is 30.8 Å². The predicted molar refractivity (Wildman–Crippen MR) is 57.5 cm³/mol. The van der Waals surface area contributed by atoms with Crippen LogP contribution in [0.15, 0.2) is 24.5 Å². The summed E-state index contributed by atoms with van der Waals surface area (Å²) in [5.74, 6) is 0. The fraction of sp³-hybridized carbons (Fsp3) is 0.364. The molecule has 2 aromatic rings. The number of hydrogen-bond acceptors (Lipinski definition) is 3. The van der Waals surface area contributed by atoms with Gasteiger partial charge in [0.25, 0.3) is 0 Å². The fourth-order valence-corrected chi connectivity index (χ4v) is 1.98. The zero-order valence-corrected chi connectivity index (χ0v) is 8.39. The number of nitrogens with zero attached hydrogens (tertiary/aromatic N) is 2. The number of rotatable bonds is 1. The molecule has 0 saturated carbocycles. The zero-order chi connectivity index (χ0) is 10.3. The summed E-state index contributed by atoms with van der Waals surface area (Å²) in [4.78, 5) is 4.51. The van der Waals surface area contributed by atoms with Crippen LogP contribution in [-0.4, -0.2) is 16.0 Å². The topological polar surface area (TPSA) is 52.5 Å². The quantitative estimate of drug-likeness (QED) is 0.768. The maximum atomic E-state index is 5.70. The van der Waals surface area contributed by atoms with Gasteiger partial charge in [-0.2, -0.15) is 0 Å². The van der Waals surface area contributed by atoms with Gasteiger partial charge >= 0.3 is 0 Å². The molecule has 15 heavy (non-hydrogen) atoms. The van der Waals surface area contributed by atoms with Crippen LogP contribution in [-0.2, 0) is 4.74 Å². The molecule has 0 aliphatic carbocycles. The molecule has 4 nitrogen and oxygen atoms in total. The highest BCUT2D eigenvalue weighted by Gasteiger charge is 2.20. The van der Waals surface area contributed by atoms with E-state index in [1.54, 1.807) is 0 Å². The van der Waals surface area contributed by atoms with E-state index in [0.29, 0.717) is 0 Å². The van der Waals surface area contributed by atoms with Crippen molar-refractivity contribution in [2.45, 2.75) is 18.9 Å². The van der Waals surface area contributed by atoms with Crippen molar-refractivity contribution in [1.82, 2.24) is 9.38 Å². The largest absolute Gasteiger partial charge is 0.399 e. The standard InChI is InChI=1S/C11H13N3O/c12-8-3-4-14-7-9(13-11(14)6-8)10-2-1-5-15-10/h3-4,6-7,10H,1-2,5,12H2. The van der Waals surface area contributed by atoms with E-state index < -0.39 is 0 Å². The number of aromatic nitrogens is 2. The molecule has 0 aromatic carbocycles. The van der Waals surface area contributed by atoms with Gasteiger partial charge in [0.1, 0.15) is 11.8 Å². The summed E-state index contributed by atoms with van der Waals surface area (Å²) in [7, 11) is 0. The first-order chi connectivity index (χ1) is 7.33. The lowest BCUT2D eigenvalue weighted by atomic mass is 10.2. The molecule has 0 spiro atoms. The van der Waals surface area contributed by atoms with E-state index in [4.69, 9.17) is 10.5 Å². The van der Waals surface area contributed by atoms with Crippen LogP contribution in [0.3, 0.4) is 0 Å². The minimum atomic E-state index is 0.172. The molecule has 1 unspecified atom stereocenters. The Bertz CT molecular complexity index is 486. The minimum absolute atomic E-state index is 0.172. The molecule has 1 aliphatic rings. The number of pyridine rings is 1. The molecular weight excluding hydrogens is 190 g/mol. The number of ether oxygens (including phenoxy) is 1. The van der Waals surface area contributed by atoms with E-state index in [-0.39, 0.29) is 6.10 Å². The molecule has 3 rings (SSSR count). The summed E-state index contributed by atoms with van der Waals surface area (Å²) in [6.45, 7) is 0.848. The molecule has 1 fully saturated rings. The van der Waals surface area contributed by atoms with Crippen LogP contribution in [0.1, 0.15) is 24.6 Å². The van der Waals surface area contributed by atoms with E-state index in [2.05, 4.69) is 4.98 Å². The van der Waals surface area contributed by atoms with E-state index >= 15 is 0 Å². The molecule has 2 N–H and O–H groups in total. The summed E-state index contributed by atoms with van der Waals surface area (Å²) < 4.78 is 7.57. The van der Waals surface area contributed by atoms with Crippen molar-refractivity contribution in [3.05, 3.63) is 30.2 Å². The highest BCUT2D eigenvalue weighted by Crippen LogP contribution is 2.27. The molecule has 1 atom stereocenters. The number of nitrogen functional groups attached to an aromatic ring is 1. The number of fused-ring (bicyclic) bond motifs is 1. The monoisotopic (exact) mass is 203 g/mol. The van der Waals surface area contributed by atoms with Crippen molar-refractivity contribution >= 4 is 11.3 Å². The van der Waals surface area contributed by atoms with Crippen molar-refractivity contribution in [3.63, 3.8) is 0 Å². The normalized spacial score (nSPS) is 21.2. The molecule has 0 amide bonds. The number of imidazole rings is 1. The first kappa shape index (κ1) is 8.73. The highest BCUT2D eigenvalue weighted by molar-refractivity contribution is 5.52. The van der Waals surface area contributed by atoms with Crippen molar-refractivity contribution in [3.8, 4) is 0 Å². The Hall–Kier alpha value is -1.55. The van der Waals surface area contributed by atoms with E-state index in [1.165, 1.54) is 0 Å². The molecule has 3 heterocycles. The number of hydrogen-bond donors (Lipinski definition) is 1. The van der Waals surface area contributed by atoms with Gasteiger partial charge in [-0.05, 0) is 18.9 Å². The van der Waals surface area contributed by atoms with Gasteiger partial charge in [-0.15, -0.1) is 0 Å². The maximum absolute atomic E-state index is 5.70. The number of anilines is 1. The molecule has 4 heteroatoms. The van der Waals surface area contributed by atoms with Crippen LogP contribution in [0.25, 0.3) is 5.65 Å². The van der Waals surface area contributed by atoms with E-state index in [1.807, 2.05) is 28.9 Å². The summed E-state index contributed by atoms with van der Waals surface area (Å²) >= 11 is 0. The average molecular weight is 203 g/mol. The van der Waals surface area contributed by atoms with Gasteiger partial charge in [-0.3, -0.25) is 0 Å². The SMILES string of the molecule is Nc1ccn2cc(C3CCCO3)nc2c1. The second-order valence-corrected chi connectivity index (χ2v) is 3.89. The van der Waals surface area contributed by atoms with Gasteiger partial charge < -0.3 is 14.9 Å². The van der Waals surface area contributed by atoms with Crippen LogP contribution in [0.2, 0.25) is 0 Å². The summed E-state index contributed by atoms with van der Waals surface area (Å²) in [6.07, 6.45) is 6.31. The lowest BCUT2D eigenvalue weighted by Gasteiger charge is -2.03. The van der Waals surface area contributed by atoms with Crippen molar-refractivity contribution < 1.29 is 4.74 Å². The third kappa shape index (κ3) is 1.47. The summed E-state index contributed by atoms with van der Waals surface area (Å²) in [5, 5.41) is 0. The Labute approximate surface area is 87.7 Å². The van der Waals surface area contributed by atoms with Crippen LogP contribution >= 0.6 is 0 Å². The predicted octanol–water partition coefficient (Wildman–Crippen LogP) is 1.77. The lowest BCUT2D eigenvalue weighted by Crippen LogP contribution is -1.94. The molecular formula is C11H13N3O. The molecule has 78 valence electrons. The van der Waals surface area contributed by atoms with Gasteiger partial charge in [-0.25, -0.2) is 4.98 Å². The summed E-state index contributed by atoms with van der Waals surface area (Å²) in [6, 6.07) is 3.74. The lowest BCUT2D eigenvalue weighted by molar-refractivity contribution is 0.109. The Morgan fingerprint density at radius 1 is 1.53 bits per heavy atom. The maximum Gasteiger partial charge on any atom is 0.139 e. The molecule has 0 radical (unpaired) electrons. The third-order valence-corrected chi connectivity index (χ3v) is 2.76. The highest BCUT2D eigenvalue weighted by atomic mass is 16.5. The second kappa shape index (κ2) is 3.24. The van der Waals surface area contributed by atoms with Crippen LogP contribution < -0.4 is 5.73 Å². The third-order valence-electron chi connectivity index (χ3n) is 2.76. The van der Waals surface area contributed by atoms with Crippen molar-refractivity contribution in [1.29, 1.82) is 0 Å². The van der Waals surface area contributed by atoms with Crippen molar-refractivity contribution in [2.75, 3.05) is 12.3 Å². The van der Waals surface area contributed by atoms with Crippen LogP contribution in [0.5, 0.6) is 0 Å². The van der Waals surface area contributed by atoms with Gasteiger partial charge in [-0.1, -0.05) is 0 Å². The first-order valence-corrected chi connectivity index (χ1v) is 5.19. The average Bonchev–Trinajstić information content (AvgIpc) is 2.84. The van der Waals surface area contributed by atoms with E-state index in [0.717, 1.165) is 36.5 Å². The minimum Gasteiger partial charge on any atom is -0.399 e. The van der Waals surface area contributed by atoms with Gasteiger partial charge in [0.15, 0.2) is 0 Å². The van der Waals surface area contributed by atoms with Crippen LogP contribution in [0.4, 0.5) is 5.69 Å². The zero-order valence-electron chi connectivity index (χ0n) is 8.39. The Morgan fingerprint density at radius 2 is 2.47 bits per heavy atom. The fourth-order valence-electron chi connectivity index (χ4n) is 1.98. The van der Waals surface area contributed by atoms with Gasteiger partial charge in [0.2, 0.25) is 0 Å². The Kier molecular flexibility index (Phi) is 1.89. The van der Waals surface area contributed by atoms with Crippen molar-refractivity contribution in [2.24, 2.45) is 0 Å². The van der Waals surface area contributed by atoms with Crippen LogP contribution in [0, 0.1) is 0 Å². The molecule has 1 saturated heterocycles. The Morgan fingerprint density at radius 3 is 3.27 bits per heavy atom. The Balaban J connectivity index is 2.05. The van der Waals surface area contributed by atoms with E-state index in [9.17, 15) is 0 Å². The molecule has 0 bridgehead atoms.